The van der Waals surface area contributed by atoms with Crippen molar-refractivity contribution in [2.24, 2.45) is 4.99 Å². The van der Waals surface area contributed by atoms with Crippen LogP contribution in [0.1, 0.15) is 32.9 Å². The van der Waals surface area contributed by atoms with Crippen molar-refractivity contribution >= 4 is 28.2 Å². The predicted molar refractivity (Wildman–Crippen MR) is 86.8 cm³/mol. The normalized spacial score (nSPS) is 15.2. The van der Waals surface area contributed by atoms with Gasteiger partial charge >= 0.3 is 5.97 Å². The van der Waals surface area contributed by atoms with Crippen LogP contribution in [0.15, 0.2) is 23.2 Å². The molecule has 126 valence electrons. The average molecular weight is 333 g/mol. The van der Waals surface area contributed by atoms with Crippen molar-refractivity contribution < 1.29 is 18.3 Å². The molecule has 0 unspecified atom stereocenters. The van der Waals surface area contributed by atoms with E-state index < -0.39 is 23.2 Å². The third kappa shape index (κ3) is 3.06. The molecule has 0 amide bonds. The predicted octanol–water partition coefficient (Wildman–Crippen LogP) is 3.41. The number of carbonyl (C=O) groups excluding carboxylic acids is 1. The van der Waals surface area contributed by atoms with Crippen molar-refractivity contribution in [1.82, 2.24) is 10.2 Å². The van der Waals surface area contributed by atoms with Crippen molar-refractivity contribution in [3.63, 3.8) is 0 Å². The Morgan fingerprint density at radius 2 is 2.04 bits per heavy atom. The third-order valence-corrected chi connectivity index (χ3v) is 3.55. The summed E-state index contributed by atoms with van der Waals surface area (Å²) in [7, 11) is 0. The molecule has 0 aliphatic carbocycles. The number of hydrogen-bond donors (Lipinski definition) is 1. The molecule has 3 rings (SSSR count). The number of esters is 1. The Kier molecular flexibility index (Phi) is 3.95. The molecule has 0 fully saturated rings. The highest BCUT2D eigenvalue weighted by atomic mass is 19.2. The Labute approximate surface area is 137 Å². The molecule has 1 aromatic heterocycles. The van der Waals surface area contributed by atoms with Crippen LogP contribution in [0.2, 0.25) is 0 Å². The van der Waals surface area contributed by atoms with Crippen LogP contribution in [0, 0.1) is 11.6 Å². The Morgan fingerprint density at radius 3 is 2.67 bits per heavy atom. The minimum absolute atomic E-state index is 0.0211. The minimum atomic E-state index is -0.958. The zero-order chi connectivity index (χ0) is 17.5. The van der Waals surface area contributed by atoms with E-state index in [2.05, 4.69) is 15.2 Å². The van der Waals surface area contributed by atoms with Crippen LogP contribution in [0.5, 0.6) is 0 Å². The number of halogens is 2. The lowest BCUT2D eigenvalue weighted by atomic mass is 10.0. The van der Waals surface area contributed by atoms with Crippen LogP contribution in [-0.2, 0) is 9.53 Å². The maximum Gasteiger partial charge on any atom is 0.353 e. The SMILES string of the molecule is CC(C)(C)OC(=O)C1=NCC(c2n[nH]c3c(F)c(F)ccc23)=CC1. The Bertz CT molecular complexity index is 876. The van der Waals surface area contributed by atoms with Crippen molar-refractivity contribution in [3.8, 4) is 0 Å². The summed E-state index contributed by atoms with van der Waals surface area (Å²) in [5, 5.41) is 7.06. The minimum Gasteiger partial charge on any atom is -0.455 e. The lowest BCUT2D eigenvalue weighted by Gasteiger charge is -2.21. The maximum absolute atomic E-state index is 13.7. The highest BCUT2D eigenvalue weighted by Crippen LogP contribution is 2.28. The average Bonchev–Trinajstić information content (AvgIpc) is 2.94. The van der Waals surface area contributed by atoms with Crippen LogP contribution >= 0.6 is 0 Å². The summed E-state index contributed by atoms with van der Waals surface area (Å²) in [5.74, 6) is -2.33. The largest absolute Gasteiger partial charge is 0.455 e. The third-order valence-electron chi connectivity index (χ3n) is 3.55. The number of aliphatic imine (C=N–C) groups is 1. The number of dihydropyridines is 1. The van der Waals surface area contributed by atoms with Crippen LogP contribution < -0.4 is 0 Å². The number of ether oxygens (including phenoxy) is 1. The molecule has 0 atom stereocenters. The Hall–Kier alpha value is -2.57. The highest BCUT2D eigenvalue weighted by Gasteiger charge is 2.23. The zero-order valence-electron chi connectivity index (χ0n) is 13.6. The quantitative estimate of drug-likeness (QED) is 0.857. The molecule has 0 saturated heterocycles. The number of nitrogens with zero attached hydrogens (tertiary/aromatic N) is 2. The van der Waals surface area contributed by atoms with Gasteiger partial charge in [0.25, 0.3) is 0 Å². The number of aromatic amines is 1. The smallest absolute Gasteiger partial charge is 0.353 e. The second-order valence-electron chi connectivity index (χ2n) is 6.55. The first-order valence-corrected chi connectivity index (χ1v) is 7.54. The van der Waals surface area contributed by atoms with Crippen molar-refractivity contribution in [2.75, 3.05) is 6.54 Å². The van der Waals surface area contributed by atoms with Crippen LogP contribution in [-0.4, -0.2) is 34.0 Å². The van der Waals surface area contributed by atoms with E-state index in [0.717, 1.165) is 11.6 Å². The second-order valence-corrected chi connectivity index (χ2v) is 6.55. The number of carbonyl (C=O) groups is 1. The molecule has 0 saturated carbocycles. The molecule has 24 heavy (non-hydrogen) atoms. The molecule has 2 heterocycles. The molecule has 7 heteroatoms. The van der Waals surface area contributed by atoms with E-state index in [4.69, 9.17) is 4.74 Å². The fourth-order valence-corrected chi connectivity index (χ4v) is 2.46. The Balaban J connectivity index is 1.82. The summed E-state index contributed by atoms with van der Waals surface area (Å²) in [6.45, 7) is 5.60. The van der Waals surface area contributed by atoms with Gasteiger partial charge in [-0.1, -0.05) is 6.08 Å². The van der Waals surface area contributed by atoms with Crippen LogP contribution in [0.4, 0.5) is 8.78 Å². The number of fused-ring (bicyclic) bond motifs is 1. The van der Waals surface area contributed by atoms with Crippen LogP contribution in [0.25, 0.3) is 16.5 Å². The van der Waals surface area contributed by atoms with Gasteiger partial charge in [-0.3, -0.25) is 10.1 Å². The summed E-state index contributed by atoms with van der Waals surface area (Å²) >= 11 is 0. The summed E-state index contributed by atoms with van der Waals surface area (Å²) in [6, 6.07) is 2.54. The van der Waals surface area contributed by atoms with E-state index >= 15 is 0 Å². The second kappa shape index (κ2) is 5.81. The molecule has 0 spiro atoms. The number of hydrogen-bond acceptors (Lipinski definition) is 4. The van der Waals surface area contributed by atoms with Gasteiger partial charge in [0.1, 0.15) is 16.8 Å². The first kappa shape index (κ1) is 16.3. The van der Waals surface area contributed by atoms with E-state index in [-0.39, 0.29) is 12.1 Å². The standard InChI is InChI=1S/C17H17F2N3O2/c1-17(2,3)24-16(23)12-7-4-9(8-20-12)14-10-5-6-11(18)13(19)15(10)22-21-14/h4-6H,7-8H2,1-3H3,(H,21,22). The van der Waals surface area contributed by atoms with Gasteiger partial charge in [-0.05, 0) is 38.5 Å². The number of nitrogens with one attached hydrogen (secondary N) is 1. The monoisotopic (exact) mass is 333 g/mol. The summed E-state index contributed by atoms with van der Waals surface area (Å²) in [4.78, 5) is 16.3. The fourth-order valence-electron chi connectivity index (χ4n) is 2.46. The van der Waals surface area contributed by atoms with Gasteiger partial charge in [-0.25, -0.2) is 13.6 Å². The van der Waals surface area contributed by atoms with E-state index in [1.807, 2.05) is 6.08 Å². The van der Waals surface area contributed by atoms with Gasteiger partial charge < -0.3 is 4.74 Å². The van der Waals surface area contributed by atoms with Crippen molar-refractivity contribution in [2.45, 2.75) is 32.8 Å². The fraction of sp³-hybridized carbons (Fsp3) is 0.353. The summed E-state index contributed by atoms with van der Waals surface area (Å²) in [6.07, 6.45) is 2.12. The highest BCUT2D eigenvalue weighted by molar-refractivity contribution is 6.37. The summed E-state index contributed by atoms with van der Waals surface area (Å²) < 4.78 is 32.3. The lowest BCUT2D eigenvalue weighted by Crippen LogP contribution is -2.29. The Morgan fingerprint density at radius 1 is 1.29 bits per heavy atom. The maximum atomic E-state index is 13.7. The molecular formula is C17H17F2N3O2. The molecule has 2 aromatic rings. The van der Waals surface area contributed by atoms with Crippen molar-refractivity contribution in [3.05, 3.63) is 35.5 Å². The van der Waals surface area contributed by atoms with Crippen molar-refractivity contribution in [1.29, 1.82) is 0 Å². The van der Waals surface area contributed by atoms with Gasteiger partial charge in [0.15, 0.2) is 11.6 Å². The number of benzene rings is 1. The molecule has 1 aromatic carbocycles. The number of H-pyrrole nitrogens is 1. The van der Waals surface area contributed by atoms with E-state index in [9.17, 15) is 13.6 Å². The van der Waals surface area contributed by atoms with Gasteiger partial charge in [0, 0.05) is 11.8 Å². The summed E-state index contributed by atoms with van der Waals surface area (Å²) in [5.41, 5.74) is 1.04. The van der Waals surface area contributed by atoms with Crippen LogP contribution in [0.3, 0.4) is 0 Å². The van der Waals surface area contributed by atoms with E-state index in [1.165, 1.54) is 6.07 Å². The molecular weight excluding hydrogens is 316 g/mol. The first-order chi connectivity index (χ1) is 11.3. The molecule has 5 nitrogen and oxygen atoms in total. The van der Waals surface area contributed by atoms with Gasteiger partial charge in [-0.15, -0.1) is 0 Å². The van der Waals surface area contributed by atoms with E-state index in [0.29, 0.717) is 23.2 Å². The van der Waals surface area contributed by atoms with E-state index in [1.54, 1.807) is 20.8 Å². The van der Waals surface area contributed by atoms with Gasteiger partial charge in [0.2, 0.25) is 0 Å². The zero-order valence-corrected chi connectivity index (χ0v) is 13.6. The topological polar surface area (TPSA) is 67.3 Å². The number of rotatable bonds is 2. The number of aromatic nitrogens is 2. The van der Waals surface area contributed by atoms with Gasteiger partial charge in [0.05, 0.1) is 12.2 Å². The lowest BCUT2D eigenvalue weighted by molar-refractivity contribution is -0.146. The molecule has 1 N–H and O–H groups in total. The first-order valence-electron chi connectivity index (χ1n) is 7.54. The molecule has 0 bridgehead atoms. The molecule has 1 aliphatic heterocycles. The van der Waals surface area contributed by atoms with Gasteiger partial charge in [-0.2, -0.15) is 5.10 Å². The molecule has 0 radical (unpaired) electrons. The number of allylic oxidation sites excluding steroid dienone is 1. The molecule has 1 aliphatic rings.